The Kier molecular flexibility index (Phi) is 3.72. The molecular weight excluding hydrogens is 265 g/mol. The summed E-state index contributed by atoms with van der Waals surface area (Å²) in [5.74, 6) is -6.76. The summed E-state index contributed by atoms with van der Waals surface area (Å²) < 4.78 is 26.0. The molecular formula is C9H6Cl2F2O3. The second-order valence-electron chi connectivity index (χ2n) is 3.00. The van der Waals surface area contributed by atoms with E-state index in [1.807, 2.05) is 0 Å². The van der Waals surface area contributed by atoms with Crippen molar-refractivity contribution in [2.45, 2.75) is 12.0 Å². The van der Waals surface area contributed by atoms with E-state index in [4.69, 9.17) is 28.3 Å². The van der Waals surface area contributed by atoms with Crippen LogP contribution in [0.3, 0.4) is 0 Å². The molecule has 2 N–H and O–H groups in total. The maximum atomic E-state index is 13.0. The molecule has 1 aromatic rings. The van der Waals surface area contributed by atoms with E-state index in [0.717, 1.165) is 6.07 Å². The molecule has 1 rings (SSSR count). The molecule has 7 heteroatoms. The highest BCUT2D eigenvalue weighted by Crippen LogP contribution is 2.36. The van der Waals surface area contributed by atoms with Crippen LogP contribution in [0.1, 0.15) is 11.7 Å². The Labute approximate surface area is 99.2 Å². The Balaban J connectivity index is 3.19. The zero-order valence-corrected chi connectivity index (χ0v) is 9.14. The molecule has 0 saturated carbocycles. The number of aliphatic hydroxyl groups excluding tert-OH is 1. The molecule has 0 aliphatic carbocycles. The Morgan fingerprint density at radius 3 is 2.44 bits per heavy atom. The van der Waals surface area contributed by atoms with Crippen LogP contribution in [-0.2, 0) is 4.79 Å². The van der Waals surface area contributed by atoms with Crippen LogP contribution in [0, 0.1) is 0 Å². The normalized spacial score (nSPS) is 13.6. The second-order valence-corrected chi connectivity index (χ2v) is 3.84. The summed E-state index contributed by atoms with van der Waals surface area (Å²) in [6.07, 6.45) is -2.55. The summed E-state index contributed by atoms with van der Waals surface area (Å²) in [6.45, 7) is 0. The van der Waals surface area contributed by atoms with E-state index < -0.39 is 23.6 Å². The predicted octanol–water partition coefficient (Wildman–Crippen LogP) is 2.75. The van der Waals surface area contributed by atoms with Gasteiger partial charge in [-0.3, -0.25) is 0 Å². The van der Waals surface area contributed by atoms with Gasteiger partial charge in [-0.1, -0.05) is 23.2 Å². The number of alkyl halides is 2. The fraction of sp³-hybridized carbons (Fsp3) is 0.222. The lowest BCUT2D eigenvalue weighted by molar-refractivity contribution is -0.182. The molecule has 0 radical (unpaired) electrons. The molecule has 0 heterocycles. The third-order valence-electron chi connectivity index (χ3n) is 1.88. The first-order chi connectivity index (χ1) is 7.26. The number of benzene rings is 1. The quantitative estimate of drug-likeness (QED) is 0.888. The average Bonchev–Trinajstić information content (AvgIpc) is 2.20. The van der Waals surface area contributed by atoms with Crippen molar-refractivity contribution in [3.05, 3.63) is 33.8 Å². The third kappa shape index (κ3) is 2.42. The van der Waals surface area contributed by atoms with Gasteiger partial charge >= 0.3 is 11.9 Å². The van der Waals surface area contributed by atoms with Crippen molar-refractivity contribution in [2.75, 3.05) is 0 Å². The van der Waals surface area contributed by atoms with Gasteiger partial charge in [-0.25, -0.2) is 4.79 Å². The number of hydrogen-bond donors (Lipinski definition) is 2. The van der Waals surface area contributed by atoms with Crippen molar-refractivity contribution in [2.24, 2.45) is 0 Å². The minimum atomic E-state index is -4.33. The predicted molar refractivity (Wildman–Crippen MR) is 54.0 cm³/mol. The van der Waals surface area contributed by atoms with Gasteiger partial charge in [0.1, 0.15) is 0 Å². The van der Waals surface area contributed by atoms with Crippen molar-refractivity contribution >= 4 is 29.2 Å². The number of carbonyl (C=O) groups is 1. The fourth-order valence-electron chi connectivity index (χ4n) is 1.04. The summed E-state index contributed by atoms with van der Waals surface area (Å²) in [5, 5.41) is 17.4. The number of halogens is 4. The van der Waals surface area contributed by atoms with E-state index in [0.29, 0.717) is 0 Å². The number of carboxylic acids is 1. The lowest BCUT2D eigenvalue weighted by atomic mass is 10.0. The van der Waals surface area contributed by atoms with Gasteiger partial charge in [-0.05, 0) is 18.2 Å². The van der Waals surface area contributed by atoms with E-state index in [-0.39, 0.29) is 10.0 Å². The molecule has 0 saturated heterocycles. The highest BCUT2D eigenvalue weighted by Gasteiger charge is 2.48. The van der Waals surface area contributed by atoms with Crippen LogP contribution in [0.15, 0.2) is 18.2 Å². The second kappa shape index (κ2) is 4.53. The highest BCUT2D eigenvalue weighted by molar-refractivity contribution is 6.33. The van der Waals surface area contributed by atoms with Crippen molar-refractivity contribution in [1.82, 2.24) is 0 Å². The number of aliphatic hydroxyl groups is 1. The molecule has 0 bridgehead atoms. The minimum Gasteiger partial charge on any atom is -0.477 e. The molecule has 0 spiro atoms. The summed E-state index contributed by atoms with van der Waals surface area (Å²) in [6, 6.07) is 3.52. The molecule has 16 heavy (non-hydrogen) atoms. The van der Waals surface area contributed by atoms with Gasteiger partial charge in [0, 0.05) is 15.6 Å². The smallest absolute Gasteiger partial charge is 0.377 e. The van der Waals surface area contributed by atoms with Crippen molar-refractivity contribution < 1.29 is 23.8 Å². The van der Waals surface area contributed by atoms with Crippen molar-refractivity contribution in [3.63, 3.8) is 0 Å². The maximum absolute atomic E-state index is 13.0. The maximum Gasteiger partial charge on any atom is 0.377 e. The standard InChI is InChI=1S/C9H6Cl2F2O3/c10-4-1-2-6(11)5(3-4)7(14)9(12,13)8(15)16/h1-3,7,14H,(H,15,16). The van der Waals surface area contributed by atoms with Crippen LogP contribution < -0.4 is 0 Å². The number of rotatable bonds is 3. The zero-order chi connectivity index (χ0) is 12.5. The Morgan fingerprint density at radius 1 is 1.38 bits per heavy atom. The van der Waals surface area contributed by atoms with Crippen molar-refractivity contribution in [3.8, 4) is 0 Å². The highest BCUT2D eigenvalue weighted by atomic mass is 35.5. The largest absolute Gasteiger partial charge is 0.477 e. The lowest BCUT2D eigenvalue weighted by Crippen LogP contribution is -2.35. The SMILES string of the molecule is O=C(O)C(F)(F)C(O)c1cc(Cl)ccc1Cl. The van der Waals surface area contributed by atoms with Gasteiger partial charge < -0.3 is 10.2 Å². The van der Waals surface area contributed by atoms with Gasteiger partial charge in [-0.2, -0.15) is 8.78 Å². The van der Waals surface area contributed by atoms with Crippen LogP contribution >= 0.6 is 23.2 Å². The molecule has 88 valence electrons. The minimum absolute atomic E-state index is 0.0691. The van der Waals surface area contributed by atoms with E-state index in [1.54, 1.807) is 0 Å². The average molecular weight is 271 g/mol. The molecule has 1 unspecified atom stereocenters. The molecule has 0 aliphatic heterocycles. The Morgan fingerprint density at radius 2 is 1.94 bits per heavy atom. The van der Waals surface area contributed by atoms with E-state index in [2.05, 4.69) is 0 Å². The molecule has 0 fully saturated rings. The molecule has 3 nitrogen and oxygen atoms in total. The zero-order valence-electron chi connectivity index (χ0n) is 7.62. The first-order valence-corrected chi connectivity index (χ1v) is 4.76. The summed E-state index contributed by atoms with van der Waals surface area (Å²) >= 11 is 11.1. The number of aliphatic carboxylic acids is 1. The number of carboxylic acid groups (broad SMARTS) is 1. The lowest BCUT2D eigenvalue weighted by Gasteiger charge is -2.19. The molecule has 0 aromatic heterocycles. The monoisotopic (exact) mass is 270 g/mol. The first-order valence-electron chi connectivity index (χ1n) is 4.01. The molecule has 0 aliphatic rings. The molecule has 1 atom stereocenters. The third-order valence-corrected chi connectivity index (χ3v) is 2.46. The van der Waals surface area contributed by atoms with Crippen LogP contribution in [0.2, 0.25) is 10.0 Å². The molecule has 1 aromatic carbocycles. The van der Waals surface area contributed by atoms with Crippen LogP contribution in [0.4, 0.5) is 8.78 Å². The first kappa shape index (κ1) is 13.2. The fourth-order valence-corrected chi connectivity index (χ4v) is 1.44. The van der Waals surface area contributed by atoms with Crippen LogP contribution in [0.5, 0.6) is 0 Å². The topological polar surface area (TPSA) is 57.5 Å². The van der Waals surface area contributed by atoms with Crippen molar-refractivity contribution in [1.29, 1.82) is 0 Å². The van der Waals surface area contributed by atoms with Gasteiger partial charge in [0.2, 0.25) is 0 Å². The van der Waals surface area contributed by atoms with Gasteiger partial charge in [0.05, 0.1) is 0 Å². The summed E-state index contributed by atoms with van der Waals surface area (Å²) in [4.78, 5) is 10.2. The van der Waals surface area contributed by atoms with Crippen LogP contribution in [-0.4, -0.2) is 22.1 Å². The Bertz CT molecular complexity index is 423. The number of hydrogen-bond acceptors (Lipinski definition) is 2. The van der Waals surface area contributed by atoms with Gasteiger partial charge in [-0.15, -0.1) is 0 Å². The van der Waals surface area contributed by atoms with Gasteiger partial charge in [0.15, 0.2) is 6.10 Å². The Hall–Kier alpha value is -0.910. The molecule has 0 amide bonds. The van der Waals surface area contributed by atoms with E-state index in [1.165, 1.54) is 12.1 Å². The summed E-state index contributed by atoms with van der Waals surface area (Å²) in [7, 11) is 0. The summed E-state index contributed by atoms with van der Waals surface area (Å²) in [5.41, 5.74) is -0.429. The van der Waals surface area contributed by atoms with E-state index >= 15 is 0 Å². The van der Waals surface area contributed by atoms with E-state index in [9.17, 15) is 18.7 Å². The van der Waals surface area contributed by atoms with Gasteiger partial charge in [0.25, 0.3) is 0 Å². The van der Waals surface area contributed by atoms with Crippen LogP contribution in [0.25, 0.3) is 0 Å².